The molecule has 3 heterocycles. The number of rotatable bonds is 3. The third-order valence-corrected chi connectivity index (χ3v) is 4.70. The summed E-state index contributed by atoms with van der Waals surface area (Å²) in [4.78, 5) is 12.4. The molecule has 4 aromatic rings. The van der Waals surface area contributed by atoms with Gasteiger partial charge in [0.25, 0.3) is 5.56 Å². The Morgan fingerprint density at radius 3 is 2.50 bits per heavy atom. The summed E-state index contributed by atoms with van der Waals surface area (Å²) >= 11 is 12.7. The zero-order chi connectivity index (χ0) is 18.4. The molecule has 3 aromatic heterocycles. The van der Waals surface area contributed by atoms with Crippen molar-refractivity contribution in [2.45, 2.75) is 13.5 Å². The van der Waals surface area contributed by atoms with E-state index in [4.69, 9.17) is 33.5 Å². The van der Waals surface area contributed by atoms with Crippen LogP contribution in [0.2, 0.25) is 10.0 Å². The third kappa shape index (κ3) is 2.77. The Morgan fingerprint density at radius 1 is 1.12 bits per heavy atom. The molecular formula is C18H14Cl2N4O2. The average Bonchev–Trinajstić information content (AvgIpc) is 3.16. The second-order valence-electron chi connectivity index (χ2n) is 5.98. The minimum atomic E-state index is -0.134. The molecular weight excluding hydrogens is 375 g/mol. The van der Waals surface area contributed by atoms with Crippen molar-refractivity contribution in [3.63, 3.8) is 0 Å². The number of nitrogens with two attached hydrogens (primary N) is 1. The van der Waals surface area contributed by atoms with Gasteiger partial charge in [0, 0.05) is 24.0 Å². The minimum Gasteiger partial charge on any atom is -0.399 e. The fourth-order valence-electron chi connectivity index (χ4n) is 3.01. The molecule has 0 fully saturated rings. The van der Waals surface area contributed by atoms with Gasteiger partial charge in [-0.25, -0.2) is 0 Å². The number of nitrogens with zero attached hydrogens (tertiary/aromatic N) is 3. The highest BCUT2D eigenvalue weighted by molar-refractivity contribution is 6.38. The molecule has 6 nitrogen and oxygen atoms in total. The Morgan fingerprint density at radius 2 is 1.85 bits per heavy atom. The van der Waals surface area contributed by atoms with Gasteiger partial charge >= 0.3 is 0 Å². The molecule has 1 aromatic carbocycles. The van der Waals surface area contributed by atoms with Gasteiger partial charge in [-0.15, -0.1) is 0 Å². The molecule has 132 valence electrons. The van der Waals surface area contributed by atoms with E-state index in [9.17, 15) is 4.79 Å². The van der Waals surface area contributed by atoms with E-state index in [-0.39, 0.29) is 5.56 Å². The molecule has 26 heavy (non-hydrogen) atoms. The normalized spacial score (nSPS) is 11.3. The number of hydrogen-bond acceptors (Lipinski definition) is 4. The van der Waals surface area contributed by atoms with Gasteiger partial charge in [-0.05, 0) is 31.2 Å². The van der Waals surface area contributed by atoms with Gasteiger partial charge in [-0.2, -0.15) is 0 Å². The first-order valence-corrected chi connectivity index (χ1v) is 8.57. The van der Waals surface area contributed by atoms with Crippen LogP contribution in [0.15, 0.2) is 51.9 Å². The third-order valence-electron chi connectivity index (χ3n) is 4.12. The van der Waals surface area contributed by atoms with Crippen LogP contribution in [-0.2, 0) is 6.54 Å². The van der Waals surface area contributed by atoms with E-state index in [2.05, 4.69) is 5.16 Å². The molecule has 2 N–H and O–H groups in total. The topological polar surface area (TPSA) is 79.0 Å². The van der Waals surface area contributed by atoms with Crippen molar-refractivity contribution in [1.29, 1.82) is 0 Å². The van der Waals surface area contributed by atoms with Crippen LogP contribution in [0.25, 0.3) is 16.7 Å². The zero-order valence-electron chi connectivity index (χ0n) is 13.7. The molecule has 0 atom stereocenters. The molecule has 0 aliphatic carbocycles. The van der Waals surface area contributed by atoms with Gasteiger partial charge < -0.3 is 19.4 Å². The van der Waals surface area contributed by atoms with E-state index in [0.717, 1.165) is 11.0 Å². The van der Waals surface area contributed by atoms with Gasteiger partial charge in [0.2, 0.25) is 0 Å². The van der Waals surface area contributed by atoms with Crippen molar-refractivity contribution in [2.24, 2.45) is 0 Å². The van der Waals surface area contributed by atoms with Crippen molar-refractivity contribution >= 4 is 39.9 Å². The monoisotopic (exact) mass is 388 g/mol. The maximum absolute atomic E-state index is 12.4. The Balaban J connectivity index is 1.90. The molecule has 0 spiro atoms. The second-order valence-corrected chi connectivity index (χ2v) is 6.79. The summed E-state index contributed by atoms with van der Waals surface area (Å²) in [5, 5.41) is 4.82. The van der Waals surface area contributed by atoms with Crippen LogP contribution in [0.5, 0.6) is 0 Å². The van der Waals surface area contributed by atoms with Gasteiger partial charge in [-0.1, -0.05) is 28.4 Å². The quantitative estimate of drug-likeness (QED) is 0.537. The summed E-state index contributed by atoms with van der Waals surface area (Å²) in [5.41, 5.74) is 8.95. The number of fused-ring (bicyclic) bond motifs is 1. The first kappa shape index (κ1) is 16.8. The number of anilines is 1. The van der Waals surface area contributed by atoms with E-state index in [1.165, 1.54) is 6.07 Å². The summed E-state index contributed by atoms with van der Waals surface area (Å²) in [5.74, 6) is 0.693. The van der Waals surface area contributed by atoms with E-state index >= 15 is 0 Å². The molecule has 0 bridgehead atoms. The van der Waals surface area contributed by atoms with E-state index < -0.39 is 0 Å². The smallest absolute Gasteiger partial charge is 0.251 e. The standard InChI is InChI=1S/C18H14Cl2N4O2/c1-10-6-12(22-26-10)9-24-16-4-5-23(15(16)2-3-17(24)25)18-13(19)7-11(21)8-14(18)20/h2-8H,9,21H2,1H3. The number of halogens is 2. The molecule has 0 amide bonds. The molecule has 0 aliphatic heterocycles. The Labute approximate surface area is 158 Å². The van der Waals surface area contributed by atoms with Crippen LogP contribution in [0.1, 0.15) is 11.5 Å². The number of pyridine rings is 1. The van der Waals surface area contributed by atoms with Crippen LogP contribution in [0.3, 0.4) is 0 Å². The maximum atomic E-state index is 12.4. The predicted octanol–water partition coefficient (Wildman–Crippen LogP) is 4.03. The van der Waals surface area contributed by atoms with E-state index in [1.807, 2.05) is 16.8 Å². The van der Waals surface area contributed by atoms with Gasteiger partial charge in [0.15, 0.2) is 0 Å². The van der Waals surface area contributed by atoms with Crippen molar-refractivity contribution < 1.29 is 4.52 Å². The molecule has 0 radical (unpaired) electrons. The van der Waals surface area contributed by atoms with Crippen LogP contribution in [0.4, 0.5) is 5.69 Å². The highest BCUT2D eigenvalue weighted by Gasteiger charge is 2.15. The molecule has 8 heteroatoms. The highest BCUT2D eigenvalue weighted by atomic mass is 35.5. The number of aromatic nitrogens is 3. The van der Waals surface area contributed by atoms with Crippen LogP contribution < -0.4 is 11.3 Å². The first-order chi connectivity index (χ1) is 12.4. The minimum absolute atomic E-state index is 0.134. The summed E-state index contributed by atoms with van der Waals surface area (Å²) in [7, 11) is 0. The predicted molar refractivity (Wildman–Crippen MR) is 102 cm³/mol. The zero-order valence-corrected chi connectivity index (χ0v) is 15.3. The van der Waals surface area contributed by atoms with Crippen LogP contribution >= 0.6 is 23.2 Å². The Kier molecular flexibility index (Phi) is 4.01. The highest BCUT2D eigenvalue weighted by Crippen LogP contribution is 2.33. The lowest BCUT2D eigenvalue weighted by Gasteiger charge is -2.12. The number of aryl methyl sites for hydroxylation is 1. The lowest BCUT2D eigenvalue weighted by atomic mass is 10.2. The Bertz CT molecular complexity index is 1170. The number of hydrogen-bond donors (Lipinski definition) is 1. The maximum Gasteiger partial charge on any atom is 0.251 e. The van der Waals surface area contributed by atoms with E-state index in [1.54, 1.807) is 35.8 Å². The summed E-state index contributed by atoms with van der Waals surface area (Å²) in [6.07, 6.45) is 1.82. The summed E-state index contributed by atoms with van der Waals surface area (Å²) in [6.45, 7) is 2.11. The molecule has 4 rings (SSSR count). The van der Waals surface area contributed by atoms with Crippen molar-refractivity contribution in [3.8, 4) is 5.69 Å². The average molecular weight is 389 g/mol. The van der Waals surface area contributed by atoms with Crippen LogP contribution in [-0.4, -0.2) is 14.3 Å². The van der Waals surface area contributed by atoms with Crippen molar-refractivity contribution in [3.05, 3.63) is 74.4 Å². The number of benzene rings is 1. The molecule has 0 saturated carbocycles. The van der Waals surface area contributed by atoms with Gasteiger partial charge in [0.1, 0.15) is 11.5 Å². The largest absolute Gasteiger partial charge is 0.399 e. The summed E-state index contributed by atoms with van der Waals surface area (Å²) < 4.78 is 8.55. The van der Waals surface area contributed by atoms with E-state index in [0.29, 0.717) is 39.4 Å². The molecule has 0 saturated heterocycles. The Hall–Kier alpha value is -2.70. The second kappa shape index (κ2) is 6.23. The van der Waals surface area contributed by atoms with Crippen LogP contribution in [0, 0.1) is 6.92 Å². The SMILES string of the molecule is Cc1cc(Cn2c(=O)ccc3c2ccn3-c2c(Cl)cc(N)cc2Cl)no1. The summed E-state index contributed by atoms with van der Waals surface area (Å²) in [6, 6.07) is 10.2. The van der Waals surface area contributed by atoms with Gasteiger partial charge in [-0.3, -0.25) is 4.79 Å². The lowest BCUT2D eigenvalue weighted by Crippen LogP contribution is -2.20. The molecule has 0 unspecified atom stereocenters. The number of nitrogen functional groups attached to an aromatic ring is 1. The first-order valence-electron chi connectivity index (χ1n) is 7.82. The fraction of sp³-hybridized carbons (Fsp3) is 0.111. The molecule has 0 aliphatic rings. The van der Waals surface area contributed by atoms with Crippen molar-refractivity contribution in [1.82, 2.24) is 14.3 Å². The van der Waals surface area contributed by atoms with Crippen molar-refractivity contribution in [2.75, 3.05) is 5.73 Å². The fourth-order valence-corrected chi connectivity index (χ4v) is 3.70. The lowest BCUT2D eigenvalue weighted by molar-refractivity contribution is 0.389. The van der Waals surface area contributed by atoms with Gasteiger partial charge in [0.05, 0.1) is 33.3 Å².